The number of hydrogen-bond donors (Lipinski definition) is 2. The molecule has 0 spiro atoms. The first-order valence-electron chi connectivity index (χ1n) is 5.56. The Bertz CT molecular complexity index is 504. The average Bonchev–Trinajstić information content (AvgIpc) is 2.89. The van der Waals surface area contributed by atoms with Crippen LogP contribution in [0.3, 0.4) is 0 Å². The highest BCUT2D eigenvalue weighted by Crippen LogP contribution is 2.07. The Labute approximate surface area is 105 Å². The highest BCUT2D eigenvalue weighted by molar-refractivity contribution is 5.93. The molecular formula is C12H15N5O. The van der Waals surface area contributed by atoms with Crippen LogP contribution in [0.1, 0.15) is 16.2 Å². The van der Waals surface area contributed by atoms with E-state index in [2.05, 4.69) is 20.3 Å². The van der Waals surface area contributed by atoms with E-state index in [4.69, 9.17) is 0 Å². The summed E-state index contributed by atoms with van der Waals surface area (Å²) >= 11 is 0. The number of carbonyl (C=O) groups is 1. The van der Waals surface area contributed by atoms with Gasteiger partial charge in [-0.2, -0.15) is 0 Å². The van der Waals surface area contributed by atoms with Crippen molar-refractivity contribution < 1.29 is 4.79 Å². The van der Waals surface area contributed by atoms with E-state index in [1.807, 2.05) is 25.1 Å². The lowest BCUT2D eigenvalue weighted by Crippen LogP contribution is -2.23. The zero-order chi connectivity index (χ0) is 13.0. The quantitative estimate of drug-likeness (QED) is 0.835. The van der Waals surface area contributed by atoms with Gasteiger partial charge in [0.1, 0.15) is 11.6 Å². The zero-order valence-electron chi connectivity index (χ0n) is 10.3. The topological polar surface area (TPSA) is 73.9 Å². The second-order valence-corrected chi connectivity index (χ2v) is 4.02. The van der Waals surface area contributed by atoms with Crippen LogP contribution >= 0.6 is 0 Å². The van der Waals surface area contributed by atoms with Crippen molar-refractivity contribution in [2.24, 2.45) is 0 Å². The molecule has 2 rings (SSSR count). The van der Waals surface area contributed by atoms with E-state index in [0.717, 1.165) is 11.6 Å². The minimum atomic E-state index is -0.163. The van der Waals surface area contributed by atoms with Crippen molar-refractivity contribution in [3.05, 3.63) is 42.1 Å². The Morgan fingerprint density at radius 2 is 2.22 bits per heavy atom. The van der Waals surface area contributed by atoms with E-state index in [0.29, 0.717) is 12.1 Å². The molecule has 0 bridgehead atoms. The molecule has 2 aromatic heterocycles. The Balaban J connectivity index is 1.96. The Kier molecular flexibility index (Phi) is 3.57. The fourth-order valence-electron chi connectivity index (χ4n) is 1.45. The van der Waals surface area contributed by atoms with Gasteiger partial charge < -0.3 is 15.2 Å². The average molecular weight is 245 g/mol. The second-order valence-electron chi connectivity index (χ2n) is 4.02. The van der Waals surface area contributed by atoms with Gasteiger partial charge in [0.15, 0.2) is 0 Å². The fraction of sp³-hybridized carbons (Fsp3) is 0.250. The lowest BCUT2D eigenvalue weighted by molar-refractivity contribution is 0.0949. The summed E-state index contributed by atoms with van der Waals surface area (Å²) in [6.45, 7) is 0.376. The van der Waals surface area contributed by atoms with Crippen LogP contribution < -0.4 is 10.2 Å². The van der Waals surface area contributed by atoms with Gasteiger partial charge in [-0.05, 0) is 12.1 Å². The number of nitrogens with zero attached hydrogens (tertiary/aromatic N) is 3. The molecule has 18 heavy (non-hydrogen) atoms. The number of rotatable bonds is 4. The molecule has 6 nitrogen and oxygen atoms in total. The maximum atomic E-state index is 11.8. The molecule has 94 valence electrons. The lowest BCUT2D eigenvalue weighted by Gasteiger charge is -2.11. The fourth-order valence-corrected chi connectivity index (χ4v) is 1.45. The SMILES string of the molecule is CN(C)c1ccc(C(=O)NCc2ncc[nH]2)cn1. The second kappa shape index (κ2) is 5.31. The van der Waals surface area contributed by atoms with Gasteiger partial charge in [-0.3, -0.25) is 4.79 Å². The third-order valence-electron chi connectivity index (χ3n) is 2.44. The number of amides is 1. The number of pyridine rings is 1. The molecule has 0 radical (unpaired) electrons. The summed E-state index contributed by atoms with van der Waals surface area (Å²) in [6.07, 6.45) is 4.93. The standard InChI is InChI=1S/C12H15N5O/c1-17(2)11-4-3-9(7-15-11)12(18)16-8-10-13-5-6-14-10/h3-7H,8H2,1-2H3,(H,13,14)(H,16,18). The Morgan fingerprint density at radius 3 is 2.78 bits per heavy atom. The number of H-pyrrole nitrogens is 1. The van der Waals surface area contributed by atoms with Gasteiger partial charge in [0.05, 0.1) is 12.1 Å². The Morgan fingerprint density at radius 1 is 1.39 bits per heavy atom. The van der Waals surface area contributed by atoms with Crippen LogP contribution in [0.2, 0.25) is 0 Å². The molecule has 6 heteroatoms. The van der Waals surface area contributed by atoms with Crippen LogP contribution in [0.25, 0.3) is 0 Å². The Hall–Kier alpha value is -2.37. The molecule has 0 fully saturated rings. The molecule has 0 aliphatic carbocycles. The van der Waals surface area contributed by atoms with Gasteiger partial charge >= 0.3 is 0 Å². The first kappa shape index (κ1) is 12.1. The van der Waals surface area contributed by atoms with Crippen LogP contribution in [0.5, 0.6) is 0 Å². The summed E-state index contributed by atoms with van der Waals surface area (Å²) in [5.74, 6) is 1.38. The monoisotopic (exact) mass is 245 g/mol. The number of anilines is 1. The highest BCUT2D eigenvalue weighted by atomic mass is 16.1. The molecule has 2 aromatic rings. The molecule has 2 heterocycles. The van der Waals surface area contributed by atoms with Crippen molar-refractivity contribution in [3.8, 4) is 0 Å². The predicted octanol–water partition coefficient (Wildman–Crippen LogP) is 0.801. The van der Waals surface area contributed by atoms with E-state index in [1.54, 1.807) is 24.7 Å². The minimum absolute atomic E-state index is 0.163. The predicted molar refractivity (Wildman–Crippen MR) is 68.3 cm³/mol. The molecule has 2 N–H and O–H groups in total. The maximum Gasteiger partial charge on any atom is 0.253 e. The number of aromatic amines is 1. The van der Waals surface area contributed by atoms with Crippen LogP contribution in [-0.4, -0.2) is 35.0 Å². The normalized spacial score (nSPS) is 10.1. The lowest BCUT2D eigenvalue weighted by atomic mass is 10.2. The van der Waals surface area contributed by atoms with Crippen molar-refractivity contribution in [1.29, 1.82) is 0 Å². The molecule has 0 saturated carbocycles. The molecule has 0 aliphatic heterocycles. The van der Waals surface area contributed by atoms with E-state index in [1.165, 1.54) is 0 Å². The summed E-state index contributed by atoms with van der Waals surface area (Å²) in [4.78, 5) is 24.8. The van der Waals surface area contributed by atoms with Crippen LogP contribution in [0.15, 0.2) is 30.7 Å². The number of carbonyl (C=O) groups excluding carboxylic acids is 1. The van der Waals surface area contributed by atoms with E-state index >= 15 is 0 Å². The molecule has 0 atom stereocenters. The van der Waals surface area contributed by atoms with Gasteiger partial charge in [-0.1, -0.05) is 0 Å². The molecule has 0 unspecified atom stereocenters. The van der Waals surface area contributed by atoms with Crippen LogP contribution in [0.4, 0.5) is 5.82 Å². The summed E-state index contributed by atoms with van der Waals surface area (Å²) in [6, 6.07) is 3.56. The summed E-state index contributed by atoms with van der Waals surface area (Å²) < 4.78 is 0. The van der Waals surface area contributed by atoms with Crippen molar-refractivity contribution >= 4 is 11.7 Å². The number of aromatic nitrogens is 3. The largest absolute Gasteiger partial charge is 0.363 e. The third-order valence-corrected chi connectivity index (χ3v) is 2.44. The third kappa shape index (κ3) is 2.85. The van der Waals surface area contributed by atoms with Crippen LogP contribution in [0, 0.1) is 0 Å². The molecular weight excluding hydrogens is 230 g/mol. The first-order chi connectivity index (χ1) is 8.66. The number of imidazole rings is 1. The van der Waals surface area contributed by atoms with Crippen molar-refractivity contribution in [2.75, 3.05) is 19.0 Å². The summed E-state index contributed by atoms with van der Waals surface area (Å²) in [5, 5.41) is 2.76. The van der Waals surface area contributed by atoms with E-state index in [9.17, 15) is 4.79 Å². The summed E-state index contributed by atoms with van der Waals surface area (Å²) in [7, 11) is 3.80. The molecule has 0 saturated heterocycles. The molecule has 0 aliphatic rings. The number of hydrogen-bond acceptors (Lipinski definition) is 4. The van der Waals surface area contributed by atoms with Crippen molar-refractivity contribution in [2.45, 2.75) is 6.54 Å². The highest BCUT2D eigenvalue weighted by Gasteiger charge is 2.07. The first-order valence-corrected chi connectivity index (χ1v) is 5.56. The van der Waals surface area contributed by atoms with Crippen molar-refractivity contribution in [3.63, 3.8) is 0 Å². The smallest absolute Gasteiger partial charge is 0.253 e. The molecule has 1 amide bonds. The molecule has 0 aromatic carbocycles. The minimum Gasteiger partial charge on any atom is -0.363 e. The van der Waals surface area contributed by atoms with Crippen LogP contribution in [-0.2, 0) is 6.54 Å². The zero-order valence-corrected chi connectivity index (χ0v) is 10.3. The van der Waals surface area contributed by atoms with Gasteiger partial charge in [0, 0.05) is 32.7 Å². The van der Waals surface area contributed by atoms with Gasteiger partial charge in [0.25, 0.3) is 5.91 Å². The summed E-state index contributed by atoms with van der Waals surface area (Å²) in [5.41, 5.74) is 0.534. The number of nitrogens with one attached hydrogen (secondary N) is 2. The van der Waals surface area contributed by atoms with Gasteiger partial charge in [-0.15, -0.1) is 0 Å². The van der Waals surface area contributed by atoms with E-state index < -0.39 is 0 Å². The van der Waals surface area contributed by atoms with E-state index in [-0.39, 0.29) is 5.91 Å². The van der Waals surface area contributed by atoms with Crippen molar-refractivity contribution in [1.82, 2.24) is 20.3 Å². The maximum absolute atomic E-state index is 11.8. The van der Waals surface area contributed by atoms with Gasteiger partial charge in [0.2, 0.25) is 0 Å². The van der Waals surface area contributed by atoms with Gasteiger partial charge in [-0.25, -0.2) is 9.97 Å².